The van der Waals surface area contributed by atoms with Crippen LogP contribution in [0.4, 0.5) is 5.69 Å². The minimum absolute atomic E-state index is 0.0897. The summed E-state index contributed by atoms with van der Waals surface area (Å²) in [6.07, 6.45) is 4.69. The van der Waals surface area contributed by atoms with Crippen LogP contribution >= 0.6 is 0 Å². The van der Waals surface area contributed by atoms with Crippen LogP contribution in [0.25, 0.3) is 0 Å². The molecule has 0 radical (unpaired) electrons. The molecule has 0 atom stereocenters. The number of rotatable bonds is 6. The molecule has 3 rings (SSSR count). The Morgan fingerprint density at radius 1 is 0.893 bits per heavy atom. The van der Waals surface area contributed by atoms with E-state index in [1.54, 1.807) is 48.8 Å². The highest BCUT2D eigenvalue weighted by atomic mass is 16.2. The predicted molar refractivity (Wildman–Crippen MR) is 104 cm³/mol. The molecule has 2 aromatic heterocycles. The third-order valence-corrected chi connectivity index (χ3v) is 3.98. The van der Waals surface area contributed by atoms with Gasteiger partial charge in [-0.05, 0) is 48.9 Å². The summed E-state index contributed by atoms with van der Waals surface area (Å²) < 4.78 is 0. The molecular weight excluding hydrogens is 356 g/mol. The highest BCUT2D eigenvalue weighted by Gasteiger charge is 2.12. The molecule has 0 aliphatic rings. The lowest BCUT2D eigenvalue weighted by Crippen LogP contribution is -2.24. The number of hydrogen-bond donors (Lipinski definition) is 2. The first-order chi connectivity index (χ1) is 13.5. The maximum Gasteiger partial charge on any atom is 0.270 e. The fourth-order valence-corrected chi connectivity index (χ4v) is 2.49. The van der Waals surface area contributed by atoms with Gasteiger partial charge >= 0.3 is 0 Å². The summed E-state index contributed by atoms with van der Waals surface area (Å²) in [5.74, 6) is -0.871. The molecule has 0 aliphatic heterocycles. The van der Waals surface area contributed by atoms with E-state index in [1.165, 1.54) is 25.3 Å². The van der Waals surface area contributed by atoms with Crippen molar-refractivity contribution in [3.8, 4) is 0 Å². The van der Waals surface area contributed by atoms with Gasteiger partial charge in [-0.15, -0.1) is 0 Å². The number of hydrogen-bond acceptors (Lipinski definition) is 5. The van der Waals surface area contributed by atoms with Crippen molar-refractivity contribution < 1.29 is 14.4 Å². The van der Waals surface area contributed by atoms with Gasteiger partial charge in [0.2, 0.25) is 0 Å². The summed E-state index contributed by atoms with van der Waals surface area (Å²) in [6, 6.07) is 13.2. The maximum atomic E-state index is 12.5. The van der Waals surface area contributed by atoms with E-state index < -0.39 is 5.91 Å². The van der Waals surface area contributed by atoms with Gasteiger partial charge in [-0.3, -0.25) is 24.4 Å². The van der Waals surface area contributed by atoms with Crippen LogP contribution in [0, 0.1) is 0 Å². The quantitative estimate of drug-likeness (QED) is 0.646. The van der Waals surface area contributed by atoms with Crippen LogP contribution in [-0.2, 0) is 6.54 Å². The molecule has 140 valence electrons. The molecule has 0 fully saturated rings. The van der Waals surface area contributed by atoms with Crippen LogP contribution < -0.4 is 10.6 Å². The molecule has 28 heavy (non-hydrogen) atoms. The fourth-order valence-electron chi connectivity index (χ4n) is 2.49. The van der Waals surface area contributed by atoms with E-state index in [0.717, 1.165) is 5.56 Å². The average molecular weight is 374 g/mol. The first-order valence-electron chi connectivity index (χ1n) is 8.58. The molecule has 2 N–H and O–H groups in total. The Hall–Kier alpha value is -3.87. The number of ketones is 1. The second-order valence-electron chi connectivity index (χ2n) is 6.06. The van der Waals surface area contributed by atoms with E-state index >= 15 is 0 Å². The minimum Gasteiger partial charge on any atom is -0.347 e. The molecule has 0 saturated heterocycles. The van der Waals surface area contributed by atoms with Crippen LogP contribution in [-0.4, -0.2) is 27.6 Å². The summed E-state index contributed by atoms with van der Waals surface area (Å²) in [4.78, 5) is 44.2. The zero-order chi connectivity index (χ0) is 19.9. The standard InChI is InChI=1S/C21H18N4O3/c1-14(26)16-3-2-4-18(11-16)25-20(27)17-7-10-23-19(12-17)21(28)24-13-15-5-8-22-9-6-15/h2-12H,13H2,1H3,(H,24,28)(H,25,27). The summed E-state index contributed by atoms with van der Waals surface area (Å²) >= 11 is 0. The Kier molecular flexibility index (Phi) is 5.86. The van der Waals surface area contributed by atoms with Crippen LogP contribution in [0.2, 0.25) is 0 Å². The molecule has 0 bridgehead atoms. The number of nitrogens with zero attached hydrogens (tertiary/aromatic N) is 2. The number of pyridine rings is 2. The molecule has 2 amide bonds. The van der Waals surface area contributed by atoms with Crippen molar-refractivity contribution in [1.29, 1.82) is 0 Å². The van der Waals surface area contributed by atoms with Crippen molar-refractivity contribution in [3.63, 3.8) is 0 Å². The van der Waals surface area contributed by atoms with Crippen molar-refractivity contribution in [2.45, 2.75) is 13.5 Å². The van der Waals surface area contributed by atoms with Crippen molar-refractivity contribution >= 4 is 23.3 Å². The van der Waals surface area contributed by atoms with Gasteiger partial charge in [0.15, 0.2) is 5.78 Å². The van der Waals surface area contributed by atoms with Gasteiger partial charge < -0.3 is 10.6 Å². The summed E-state index contributed by atoms with van der Waals surface area (Å²) in [5, 5.41) is 5.47. The third-order valence-electron chi connectivity index (χ3n) is 3.98. The predicted octanol–water partition coefficient (Wildman–Crippen LogP) is 2.86. The van der Waals surface area contributed by atoms with Crippen LogP contribution in [0.1, 0.15) is 43.7 Å². The number of aromatic nitrogens is 2. The molecule has 7 nitrogen and oxygen atoms in total. The molecule has 2 heterocycles. The number of amides is 2. The van der Waals surface area contributed by atoms with Gasteiger partial charge in [0.25, 0.3) is 11.8 Å². The Morgan fingerprint density at radius 2 is 1.68 bits per heavy atom. The van der Waals surface area contributed by atoms with Crippen molar-refractivity contribution in [2.75, 3.05) is 5.32 Å². The molecule has 0 spiro atoms. The number of Topliss-reactive ketones (excluding diaryl/α,β-unsaturated/α-hetero) is 1. The number of carbonyl (C=O) groups is 3. The van der Waals surface area contributed by atoms with E-state index in [-0.39, 0.29) is 22.9 Å². The molecule has 0 aliphatic carbocycles. The van der Waals surface area contributed by atoms with E-state index in [9.17, 15) is 14.4 Å². The Labute approximate surface area is 161 Å². The van der Waals surface area contributed by atoms with Crippen LogP contribution in [0.5, 0.6) is 0 Å². The van der Waals surface area contributed by atoms with Gasteiger partial charge in [0, 0.05) is 41.9 Å². The number of nitrogens with one attached hydrogen (secondary N) is 2. The molecule has 7 heteroatoms. The smallest absolute Gasteiger partial charge is 0.270 e. The highest BCUT2D eigenvalue weighted by Crippen LogP contribution is 2.13. The molecule has 3 aromatic rings. The van der Waals surface area contributed by atoms with E-state index in [2.05, 4.69) is 20.6 Å². The van der Waals surface area contributed by atoms with Gasteiger partial charge in [-0.25, -0.2) is 0 Å². The van der Waals surface area contributed by atoms with E-state index in [1.807, 2.05) is 0 Å². The number of carbonyl (C=O) groups excluding carboxylic acids is 3. The largest absolute Gasteiger partial charge is 0.347 e. The van der Waals surface area contributed by atoms with Crippen LogP contribution in [0.3, 0.4) is 0 Å². The normalized spacial score (nSPS) is 10.2. The van der Waals surface area contributed by atoms with Crippen LogP contribution in [0.15, 0.2) is 67.1 Å². The lowest BCUT2D eigenvalue weighted by atomic mass is 10.1. The number of anilines is 1. The number of benzene rings is 1. The van der Waals surface area contributed by atoms with E-state index in [0.29, 0.717) is 17.8 Å². The molecule has 0 unspecified atom stereocenters. The zero-order valence-corrected chi connectivity index (χ0v) is 15.2. The Bertz CT molecular complexity index is 1020. The second kappa shape index (κ2) is 8.68. The summed E-state index contributed by atoms with van der Waals surface area (Å²) in [5.41, 5.74) is 2.33. The SMILES string of the molecule is CC(=O)c1cccc(NC(=O)c2ccnc(C(=O)NCc3ccncc3)c2)c1. The van der Waals surface area contributed by atoms with Crippen molar-refractivity contribution in [1.82, 2.24) is 15.3 Å². The first kappa shape index (κ1) is 18.9. The molecular formula is C21H18N4O3. The second-order valence-corrected chi connectivity index (χ2v) is 6.06. The van der Waals surface area contributed by atoms with Gasteiger partial charge in [0.05, 0.1) is 0 Å². The molecule has 0 saturated carbocycles. The monoisotopic (exact) mass is 374 g/mol. The van der Waals surface area contributed by atoms with Gasteiger partial charge in [0.1, 0.15) is 5.69 Å². The lowest BCUT2D eigenvalue weighted by Gasteiger charge is -2.08. The van der Waals surface area contributed by atoms with Crippen molar-refractivity contribution in [3.05, 3.63) is 89.5 Å². The van der Waals surface area contributed by atoms with Gasteiger partial charge in [-0.2, -0.15) is 0 Å². The zero-order valence-electron chi connectivity index (χ0n) is 15.2. The minimum atomic E-state index is -0.397. The lowest BCUT2D eigenvalue weighted by molar-refractivity contribution is 0.0945. The summed E-state index contributed by atoms with van der Waals surface area (Å²) in [6.45, 7) is 1.79. The van der Waals surface area contributed by atoms with E-state index in [4.69, 9.17) is 0 Å². The first-order valence-corrected chi connectivity index (χ1v) is 8.58. The highest BCUT2D eigenvalue weighted by molar-refractivity contribution is 6.06. The third kappa shape index (κ3) is 4.85. The summed E-state index contributed by atoms with van der Waals surface area (Å²) in [7, 11) is 0. The van der Waals surface area contributed by atoms with Gasteiger partial charge in [-0.1, -0.05) is 12.1 Å². The Morgan fingerprint density at radius 3 is 2.43 bits per heavy atom. The fraction of sp³-hybridized carbons (Fsp3) is 0.0952. The average Bonchev–Trinajstić information content (AvgIpc) is 2.73. The Balaban J connectivity index is 1.68. The topological polar surface area (TPSA) is 101 Å². The van der Waals surface area contributed by atoms with Crippen molar-refractivity contribution in [2.24, 2.45) is 0 Å². The maximum absolute atomic E-state index is 12.5. The molecule has 1 aromatic carbocycles.